The summed E-state index contributed by atoms with van der Waals surface area (Å²) in [5, 5.41) is 19.8. The van der Waals surface area contributed by atoms with Gasteiger partial charge in [-0.05, 0) is 24.3 Å². The Morgan fingerprint density at radius 3 is 1.93 bits per heavy atom. The lowest BCUT2D eigenvalue weighted by Crippen LogP contribution is -2.32. The molecule has 0 bridgehead atoms. The van der Waals surface area contributed by atoms with E-state index < -0.39 is 11.6 Å². The molecule has 1 spiro atoms. The molecule has 2 aliphatic rings. The Balaban J connectivity index is 1.92. The van der Waals surface area contributed by atoms with Gasteiger partial charge in [0.25, 0.3) is 0 Å². The number of aromatic hydroxyl groups is 2. The molecule has 29 heavy (non-hydrogen) atoms. The maximum Gasteiger partial charge on any atom is 0.340 e. The Morgan fingerprint density at radius 1 is 0.793 bits per heavy atom. The first-order chi connectivity index (χ1) is 14.0. The number of rotatable bonds is 2. The minimum atomic E-state index is -1.46. The van der Waals surface area contributed by atoms with Gasteiger partial charge in [-0.2, -0.15) is 0 Å². The van der Waals surface area contributed by atoms with E-state index in [1.54, 1.807) is 18.2 Å². The zero-order valence-electron chi connectivity index (χ0n) is 14.7. The molecule has 7 heteroatoms. The standard InChI is InChI=1S/C22H12O7/c23-9-11-1-4-17-20(14(11)10-24)21(27)29-22(17)15-5-2-12(25)7-18(15)28-19-8-13(26)3-6-16(19)22/h1-10,25-26H. The number of esters is 1. The number of phenolic OH excluding ortho intramolecular Hbond substituents is 2. The molecule has 3 aromatic rings. The first-order valence-electron chi connectivity index (χ1n) is 8.65. The molecule has 0 amide bonds. The second kappa shape index (κ2) is 5.68. The second-order valence-electron chi connectivity index (χ2n) is 6.76. The summed E-state index contributed by atoms with van der Waals surface area (Å²) in [4.78, 5) is 35.9. The number of fused-ring (bicyclic) bond motifs is 6. The predicted molar refractivity (Wildman–Crippen MR) is 98.8 cm³/mol. The normalized spacial score (nSPS) is 15.0. The van der Waals surface area contributed by atoms with Crippen molar-refractivity contribution >= 4 is 18.5 Å². The molecule has 2 heterocycles. The molecule has 0 atom stereocenters. The summed E-state index contributed by atoms with van der Waals surface area (Å²) < 4.78 is 11.7. The van der Waals surface area contributed by atoms with Gasteiger partial charge in [-0.25, -0.2) is 4.79 Å². The van der Waals surface area contributed by atoms with Crippen molar-refractivity contribution < 1.29 is 34.1 Å². The highest BCUT2D eigenvalue weighted by atomic mass is 16.6. The largest absolute Gasteiger partial charge is 0.508 e. The molecule has 2 N–H and O–H groups in total. The average molecular weight is 388 g/mol. The fourth-order valence-electron chi connectivity index (χ4n) is 4.06. The van der Waals surface area contributed by atoms with Crippen LogP contribution in [0.5, 0.6) is 23.0 Å². The summed E-state index contributed by atoms with van der Waals surface area (Å²) in [5.74, 6) is -0.411. The van der Waals surface area contributed by atoms with Crippen molar-refractivity contribution in [3.8, 4) is 23.0 Å². The highest BCUT2D eigenvalue weighted by molar-refractivity contribution is 6.07. The van der Waals surface area contributed by atoms with Crippen molar-refractivity contribution in [2.24, 2.45) is 0 Å². The van der Waals surface area contributed by atoms with Gasteiger partial charge in [0.15, 0.2) is 18.2 Å². The minimum absolute atomic E-state index is 0.00421. The van der Waals surface area contributed by atoms with Gasteiger partial charge in [0, 0.05) is 39.9 Å². The molecule has 0 unspecified atom stereocenters. The van der Waals surface area contributed by atoms with E-state index in [2.05, 4.69) is 0 Å². The number of benzene rings is 3. The van der Waals surface area contributed by atoms with Crippen LogP contribution in [-0.2, 0) is 10.3 Å². The van der Waals surface area contributed by atoms with Crippen molar-refractivity contribution in [2.45, 2.75) is 5.60 Å². The predicted octanol–water partition coefficient (Wildman–Crippen LogP) is 3.29. The molecule has 5 rings (SSSR count). The number of carbonyl (C=O) groups is 3. The van der Waals surface area contributed by atoms with Gasteiger partial charge in [0.2, 0.25) is 0 Å². The summed E-state index contributed by atoms with van der Waals surface area (Å²) in [6.45, 7) is 0. The molecule has 7 nitrogen and oxygen atoms in total. The van der Waals surface area contributed by atoms with E-state index >= 15 is 0 Å². The van der Waals surface area contributed by atoms with E-state index in [-0.39, 0.29) is 39.7 Å². The lowest BCUT2D eigenvalue weighted by Gasteiger charge is -2.36. The molecular weight excluding hydrogens is 376 g/mol. The Morgan fingerprint density at radius 2 is 1.38 bits per heavy atom. The Labute approximate surface area is 163 Å². The third kappa shape index (κ3) is 2.09. The summed E-state index contributed by atoms with van der Waals surface area (Å²) in [7, 11) is 0. The zero-order chi connectivity index (χ0) is 20.3. The zero-order valence-corrected chi connectivity index (χ0v) is 14.7. The summed E-state index contributed by atoms with van der Waals surface area (Å²) in [6.07, 6.45) is 0.960. The highest BCUT2D eigenvalue weighted by Gasteiger charge is 2.54. The van der Waals surface area contributed by atoms with Crippen LogP contribution in [0.4, 0.5) is 0 Å². The van der Waals surface area contributed by atoms with Gasteiger partial charge in [-0.3, -0.25) is 9.59 Å². The van der Waals surface area contributed by atoms with Crippen LogP contribution in [-0.4, -0.2) is 28.8 Å². The SMILES string of the molecule is O=Cc1ccc2c(c1C=O)C(=O)OC21c2ccc(O)cc2Oc2cc(O)ccc21. The average Bonchev–Trinajstić information content (AvgIpc) is 3.00. The molecule has 3 aromatic carbocycles. The van der Waals surface area contributed by atoms with Crippen LogP contribution in [0.25, 0.3) is 0 Å². The third-order valence-electron chi connectivity index (χ3n) is 5.26. The van der Waals surface area contributed by atoms with Crippen LogP contribution in [0.1, 0.15) is 47.8 Å². The molecule has 0 fully saturated rings. The number of phenols is 2. The third-order valence-corrected chi connectivity index (χ3v) is 5.26. The Bertz CT molecular complexity index is 1190. The lowest BCUT2D eigenvalue weighted by molar-refractivity contribution is 0.0223. The topological polar surface area (TPSA) is 110 Å². The molecular formula is C22H12O7. The van der Waals surface area contributed by atoms with Crippen molar-refractivity contribution in [1.82, 2.24) is 0 Å². The van der Waals surface area contributed by atoms with E-state index in [0.29, 0.717) is 29.3 Å². The van der Waals surface area contributed by atoms with Crippen molar-refractivity contribution in [3.05, 3.63) is 81.9 Å². The molecule has 0 aromatic heterocycles. The van der Waals surface area contributed by atoms with E-state index in [4.69, 9.17) is 9.47 Å². The number of carbonyl (C=O) groups excluding carboxylic acids is 3. The minimum Gasteiger partial charge on any atom is -0.508 e. The van der Waals surface area contributed by atoms with Crippen molar-refractivity contribution in [1.29, 1.82) is 0 Å². The number of hydrogen-bond acceptors (Lipinski definition) is 7. The highest BCUT2D eigenvalue weighted by Crippen LogP contribution is 2.57. The molecule has 142 valence electrons. The van der Waals surface area contributed by atoms with Crippen LogP contribution in [0.15, 0.2) is 48.5 Å². The van der Waals surface area contributed by atoms with Gasteiger partial charge in [-0.1, -0.05) is 12.1 Å². The van der Waals surface area contributed by atoms with Gasteiger partial charge in [-0.15, -0.1) is 0 Å². The van der Waals surface area contributed by atoms with Gasteiger partial charge >= 0.3 is 5.97 Å². The van der Waals surface area contributed by atoms with Crippen LogP contribution in [0.2, 0.25) is 0 Å². The first kappa shape index (κ1) is 17.0. The molecule has 0 saturated heterocycles. The second-order valence-corrected chi connectivity index (χ2v) is 6.76. The van der Waals surface area contributed by atoms with Gasteiger partial charge < -0.3 is 19.7 Å². The van der Waals surface area contributed by atoms with Crippen LogP contribution in [0.3, 0.4) is 0 Å². The number of aldehydes is 2. The smallest absolute Gasteiger partial charge is 0.340 e. The fraction of sp³-hybridized carbons (Fsp3) is 0.0455. The quantitative estimate of drug-likeness (QED) is 0.512. The Hall–Kier alpha value is -4.13. The van der Waals surface area contributed by atoms with Gasteiger partial charge in [0.05, 0.1) is 5.56 Å². The Kier molecular flexibility index (Phi) is 3.33. The monoisotopic (exact) mass is 388 g/mol. The molecule has 0 radical (unpaired) electrons. The fourth-order valence-corrected chi connectivity index (χ4v) is 4.06. The van der Waals surface area contributed by atoms with Crippen LogP contribution < -0.4 is 4.74 Å². The van der Waals surface area contributed by atoms with E-state index in [0.717, 1.165) is 0 Å². The van der Waals surface area contributed by atoms with Crippen molar-refractivity contribution in [2.75, 3.05) is 0 Å². The van der Waals surface area contributed by atoms with E-state index in [1.807, 2.05) is 0 Å². The summed E-state index contributed by atoms with van der Waals surface area (Å²) in [6, 6.07) is 11.8. The lowest BCUT2D eigenvalue weighted by atomic mass is 9.76. The van der Waals surface area contributed by atoms with Crippen LogP contribution in [0, 0.1) is 0 Å². The maximum atomic E-state index is 12.9. The maximum absolute atomic E-state index is 12.9. The number of ether oxygens (including phenoxy) is 2. The molecule has 0 aliphatic carbocycles. The van der Waals surface area contributed by atoms with E-state index in [1.165, 1.54) is 30.3 Å². The van der Waals surface area contributed by atoms with Crippen LogP contribution >= 0.6 is 0 Å². The first-order valence-corrected chi connectivity index (χ1v) is 8.65. The molecule has 0 saturated carbocycles. The summed E-state index contributed by atoms with van der Waals surface area (Å²) >= 11 is 0. The van der Waals surface area contributed by atoms with Gasteiger partial charge in [0.1, 0.15) is 23.0 Å². The summed E-state index contributed by atoms with van der Waals surface area (Å²) in [5.41, 5.74) is -0.173. The van der Waals surface area contributed by atoms with E-state index in [9.17, 15) is 24.6 Å². The molecule has 2 aliphatic heterocycles. The van der Waals surface area contributed by atoms with Crippen molar-refractivity contribution in [3.63, 3.8) is 0 Å². The number of hydrogen-bond donors (Lipinski definition) is 2.